The maximum atomic E-state index is 10.9. The topological polar surface area (TPSA) is 81.8 Å². The van der Waals surface area contributed by atoms with Crippen molar-refractivity contribution < 1.29 is 23.8 Å². The number of nitrogens with zero attached hydrogens (tertiary/aromatic N) is 1. The summed E-state index contributed by atoms with van der Waals surface area (Å²) in [6, 6.07) is 0. The van der Waals surface area contributed by atoms with Crippen LogP contribution in [0.15, 0.2) is 4.42 Å². The van der Waals surface area contributed by atoms with E-state index in [0.29, 0.717) is 6.61 Å². The zero-order chi connectivity index (χ0) is 13.1. The number of carbonyl (C=O) groups is 1. The maximum Gasteiger partial charge on any atom is 0.362 e. The number of oxazole rings is 1. The highest BCUT2D eigenvalue weighted by atomic mass is 16.6. The molecule has 0 saturated heterocycles. The number of hydrogen-bond acceptors (Lipinski definition) is 5. The summed E-state index contributed by atoms with van der Waals surface area (Å²) < 4.78 is 15.7. The molecule has 6 heteroatoms. The van der Waals surface area contributed by atoms with Crippen LogP contribution in [0.25, 0.3) is 0 Å². The molecule has 0 aromatic carbocycles. The molecule has 1 N–H and O–H groups in total. The first-order chi connectivity index (χ1) is 7.83. The molecule has 96 valence electrons. The first-order valence-electron chi connectivity index (χ1n) is 5.33. The maximum absolute atomic E-state index is 10.9. The zero-order valence-electron chi connectivity index (χ0n) is 10.4. The molecule has 17 heavy (non-hydrogen) atoms. The summed E-state index contributed by atoms with van der Waals surface area (Å²) in [6.45, 7) is 7.82. The van der Waals surface area contributed by atoms with Crippen molar-refractivity contribution in [3.8, 4) is 5.95 Å². The minimum Gasteiger partial charge on any atom is -0.476 e. The Hall–Kier alpha value is -1.56. The molecule has 0 aliphatic rings. The largest absolute Gasteiger partial charge is 0.476 e. The van der Waals surface area contributed by atoms with E-state index < -0.39 is 5.97 Å². The van der Waals surface area contributed by atoms with Gasteiger partial charge in [0.1, 0.15) is 6.61 Å². The summed E-state index contributed by atoms with van der Waals surface area (Å²) in [4.78, 5) is 14.7. The van der Waals surface area contributed by atoms with Crippen LogP contribution in [0.4, 0.5) is 0 Å². The summed E-state index contributed by atoms with van der Waals surface area (Å²) in [5, 5.41) is 8.89. The van der Waals surface area contributed by atoms with Gasteiger partial charge < -0.3 is 19.0 Å². The van der Waals surface area contributed by atoms with Gasteiger partial charge in [-0.25, -0.2) is 9.78 Å². The third-order valence-electron chi connectivity index (χ3n) is 1.75. The van der Waals surface area contributed by atoms with Crippen LogP contribution in [0.1, 0.15) is 44.1 Å². The average Bonchev–Trinajstić information content (AvgIpc) is 2.58. The SMILES string of the molecule is CCOc1oc(COC(C)(C)C)nc1C(=O)O. The molecule has 0 saturated carbocycles. The third-order valence-corrected chi connectivity index (χ3v) is 1.75. The summed E-state index contributed by atoms with van der Waals surface area (Å²) in [5.41, 5.74) is -0.566. The van der Waals surface area contributed by atoms with Crippen LogP contribution in [-0.2, 0) is 11.3 Å². The molecule has 0 amide bonds. The Morgan fingerprint density at radius 1 is 1.47 bits per heavy atom. The lowest BCUT2D eigenvalue weighted by molar-refractivity contribution is -0.0252. The van der Waals surface area contributed by atoms with Crippen LogP contribution in [0.3, 0.4) is 0 Å². The summed E-state index contributed by atoms with van der Waals surface area (Å²) in [5.74, 6) is -1.06. The van der Waals surface area contributed by atoms with Gasteiger partial charge in [-0.1, -0.05) is 0 Å². The molecule has 0 aliphatic carbocycles. The molecular weight excluding hydrogens is 226 g/mol. The Morgan fingerprint density at radius 3 is 2.59 bits per heavy atom. The van der Waals surface area contributed by atoms with Gasteiger partial charge >= 0.3 is 11.9 Å². The Kier molecular flexibility index (Phi) is 4.11. The lowest BCUT2D eigenvalue weighted by Crippen LogP contribution is -2.18. The van der Waals surface area contributed by atoms with E-state index in [9.17, 15) is 4.79 Å². The van der Waals surface area contributed by atoms with Crippen molar-refractivity contribution in [1.29, 1.82) is 0 Å². The molecule has 0 bridgehead atoms. The lowest BCUT2D eigenvalue weighted by atomic mass is 10.2. The molecule has 0 fully saturated rings. The summed E-state index contributed by atoms with van der Waals surface area (Å²) >= 11 is 0. The molecule has 0 unspecified atom stereocenters. The normalized spacial score (nSPS) is 11.5. The van der Waals surface area contributed by atoms with E-state index in [-0.39, 0.29) is 29.7 Å². The number of aromatic nitrogens is 1. The van der Waals surface area contributed by atoms with E-state index >= 15 is 0 Å². The van der Waals surface area contributed by atoms with E-state index in [4.69, 9.17) is 19.0 Å². The Balaban J connectivity index is 2.81. The van der Waals surface area contributed by atoms with Crippen molar-refractivity contribution in [2.45, 2.75) is 39.9 Å². The number of aromatic carboxylic acids is 1. The number of rotatable bonds is 5. The second-order valence-electron chi connectivity index (χ2n) is 4.38. The van der Waals surface area contributed by atoms with Crippen molar-refractivity contribution in [3.63, 3.8) is 0 Å². The summed E-state index contributed by atoms with van der Waals surface area (Å²) in [7, 11) is 0. The highest BCUT2D eigenvalue weighted by Gasteiger charge is 2.22. The Morgan fingerprint density at radius 2 is 2.12 bits per heavy atom. The fourth-order valence-corrected chi connectivity index (χ4v) is 1.05. The number of ether oxygens (including phenoxy) is 2. The fraction of sp³-hybridized carbons (Fsp3) is 0.636. The van der Waals surface area contributed by atoms with Crippen LogP contribution in [-0.4, -0.2) is 28.3 Å². The number of hydrogen-bond donors (Lipinski definition) is 1. The molecule has 1 rings (SSSR count). The highest BCUT2D eigenvalue weighted by Crippen LogP contribution is 2.22. The third kappa shape index (κ3) is 4.07. The molecule has 0 atom stereocenters. The van der Waals surface area contributed by atoms with Crippen molar-refractivity contribution in [1.82, 2.24) is 4.98 Å². The molecule has 0 spiro atoms. The first-order valence-corrected chi connectivity index (χ1v) is 5.33. The van der Waals surface area contributed by atoms with E-state index in [2.05, 4.69) is 4.98 Å². The van der Waals surface area contributed by atoms with Gasteiger partial charge in [-0.05, 0) is 27.7 Å². The fourth-order valence-electron chi connectivity index (χ4n) is 1.05. The minimum absolute atomic E-state index is 0.0764. The van der Waals surface area contributed by atoms with E-state index in [1.54, 1.807) is 6.92 Å². The van der Waals surface area contributed by atoms with Gasteiger partial charge in [0.2, 0.25) is 11.6 Å². The van der Waals surface area contributed by atoms with Crippen LogP contribution in [0, 0.1) is 0 Å². The first kappa shape index (κ1) is 13.5. The Labute approximate surface area is 99.5 Å². The Bertz CT molecular complexity index is 391. The molecule has 1 aromatic heterocycles. The van der Waals surface area contributed by atoms with E-state index in [1.807, 2.05) is 20.8 Å². The van der Waals surface area contributed by atoms with Gasteiger partial charge in [0.15, 0.2) is 0 Å². The highest BCUT2D eigenvalue weighted by molar-refractivity contribution is 5.87. The van der Waals surface area contributed by atoms with Gasteiger partial charge in [0.05, 0.1) is 12.2 Å². The van der Waals surface area contributed by atoms with Crippen molar-refractivity contribution >= 4 is 5.97 Å². The monoisotopic (exact) mass is 243 g/mol. The van der Waals surface area contributed by atoms with Crippen LogP contribution in [0.2, 0.25) is 0 Å². The number of carboxylic acids is 1. The van der Waals surface area contributed by atoms with Gasteiger partial charge in [-0.15, -0.1) is 0 Å². The second-order valence-corrected chi connectivity index (χ2v) is 4.38. The average molecular weight is 243 g/mol. The molecule has 1 heterocycles. The summed E-state index contributed by atoms with van der Waals surface area (Å²) in [6.07, 6.45) is 0. The predicted molar refractivity (Wildman–Crippen MR) is 59.2 cm³/mol. The van der Waals surface area contributed by atoms with Crippen molar-refractivity contribution in [2.24, 2.45) is 0 Å². The molecule has 6 nitrogen and oxygen atoms in total. The molecule has 0 radical (unpaired) electrons. The predicted octanol–water partition coefficient (Wildman–Crippen LogP) is 2.09. The van der Waals surface area contributed by atoms with Gasteiger partial charge in [-0.3, -0.25) is 0 Å². The van der Waals surface area contributed by atoms with Gasteiger partial charge in [-0.2, -0.15) is 0 Å². The van der Waals surface area contributed by atoms with Crippen LogP contribution in [0.5, 0.6) is 5.95 Å². The molecular formula is C11H17NO5. The van der Waals surface area contributed by atoms with E-state index in [1.165, 1.54) is 0 Å². The minimum atomic E-state index is -1.18. The molecule has 0 aliphatic heterocycles. The molecule has 1 aromatic rings. The van der Waals surface area contributed by atoms with Crippen molar-refractivity contribution in [2.75, 3.05) is 6.61 Å². The van der Waals surface area contributed by atoms with Crippen molar-refractivity contribution in [3.05, 3.63) is 11.6 Å². The zero-order valence-corrected chi connectivity index (χ0v) is 10.4. The lowest BCUT2D eigenvalue weighted by Gasteiger charge is -2.17. The standard InChI is InChI=1S/C11H17NO5/c1-5-15-10-8(9(13)14)12-7(17-10)6-16-11(2,3)4/h5-6H2,1-4H3,(H,13,14). The quantitative estimate of drug-likeness (QED) is 0.852. The second kappa shape index (κ2) is 5.18. The van der Waals surface area contributed by atoms with Gasteiger partial charge in [0.25, 0.3) is 0 Å². The smallest absolute Gasteiger partial charge is 0.362 e. The van der Waals surface area contributed by atoms with E-state index in [0.717, 1.165) is 0 Å². The van der Waals surface area contributed by atoms with Crippen LogP contribution < -0.4 is 4.74 Å². The van der Waals surface area contributed by atoms with Crippen LogP contribution >= 0.6 is 0 Å². The number of carboxylic acid groups (broad SMARTS) is 1. The van der Waals surface area contributed by atoms with Gasteiger partial charge in [0, 0.05) is 0 Å².